The van der Waals surface area contributed by atoms with Crippen molar-refractivity contribution in [1.82, 2.24) is 19.6 Å². The number of Topliss-reactive ketones (excluding diaryl/α,β-unsaturated/α-hetero) is 4. The largest absolute Gasteiger partial charge is 0.507 e. The molecule has 19 nitrogen and oxygen atoms in total. The summed E-state index contributed by atoms with van der Waals surface area (Å²) in [5.41, 5.74) is 29.8. The number of phenols is 2. The number of amides is 4. The van der Waals surface area contributed by atoms with Gasteiger partial charge in [-0.25, -0.2) is 0 Å². The Morgan fingerprint density at radius 2 is 0.771 bits per heavy atom. The Morgan fingerprint density at radius 3 is 1.19 bits per heavy atom. The summed E-state index contributed by atoms with van der Waals surface area (Å²) in [6, 6.07) is 22.7. The fraction of sp³-hybridized carbons (Fsp3) is 0.644. The molecule has 0 radical (unpaired) electrons. The molecule has 4 heterocycles. The lowest BCUT2D eigenvalue weighted by Crippen LogP contribution is -2.74. The molecule has 0 unspecified atom stereocenters. The van der Waals surface area contributed by atoms with Crippen molar-refractivity contribution in [3.63, 3.8) is 0 Å². The first-order valence-electron chi connectivity index (χ1n) is 42.2. The maximum atomic E-state index is 12.6. The minimum atomic E-state index is -1.09. The summed E-state index contributed by atoms with van der Waals surface area (Å²) < 4.78 is 0. The van der Waals surface area contributed by atoms with Crippen molar-refractivity contribution in [2.24, 2.45) is 64.4 Å². The van der Waals surface area contributed by atoms with Crippen LogP contribution in [0.3, 0.4) is 0 Å². The van der Waals surface area contributed by atoms with Gasteiger partial charge in [0.15, 0.2) is 0 Å². The first-order valence-corrected chi connectivity index (χ1v) is 42.2. The summed E-state index contributed by atoms with van der Waals surface area (Å²) in [6.07, 6.45) is 28.1. The summed E-state index contributed by atoms with van der Waals surface area (Å²) in [4.78, 5) is 108. The van der Waals surface area contributed by atoms with Gasteiger partial charge in [0.2, 0.25) is 11.8 Å². The second-order valence-corrected chi connectivity index (χ2v) is 37.5. The minimum Gasteiger partial charge on any atom is -0.507 e. The number of primary amides is 4. The molecule has 0 aromatic heterocycles. The van der Waals surface area contributed by atoms with Crippen molar-refractivity contribution in [2.75, 3.05) is 26.2 Å². The van der Waals surface area contributed by atoms with Gasteiger partial charge in [0.25, 0.3) is 11.8 Å². The van der Waals surface area contributed by atoms with Crippen molar-refractivity contribution in [2.45, 2.75) is 296 Å². The molecule has 0 spiro atoms. The SMILES string of the molecule is C[C@@H](C1CC1)N1CC[C@]23CC(=O)CC[C@H]2[C@H]1Cc1ccc(C(N)=O)cc13.C[C@@H](C1CCC1)N1CC[C@]23CC(=O)CC[C@H]2[C@H]1Cc1ccc(C(N)=O)c(O)c13.C[C@H](C1CC1)N1CC[C@]23CC(=O)CC[C@H]2[C@H]1Cc1ccc(C(N)=O)cc13.C[C@H](C1CCC1)N1CC[C@]23CC(=O)CC[C@@]2(O)[C@H]1Cc1ccc(C(N)=O)c(O)c13. The summed E-state index contributed by atoms with van der Waals surface area (Å²) in [6.45, 7) is 13.4. The Morgan fingerprint density at radius 1 is 0.404 bits per heavy atom. The number of likely N-dealkylation sites (tertiary alicyclic amines) is 4. The van der Waals surface area contributed by atoms with Crippen LogP contribution in [0.1, 0.15) is 281 Å². The molecule has 11 N–H and O–H groups in total. The molecule has 4 aromatic rings. The number of aromatic hydroxyl groups is 2. The highest BCUT2D eigenvalue weighted by molar-refractivity contribution is 5.98. The Kier molecular flexibility index (Phi) is 19.1. The predicted molar refractivity (Wildman–Crippen MR) is 414 cm³/mol. The number of hydrogen-bond donors (Lipinski definition) is 7. The molecule has 20 rings (SSSR count). The molecule has 109 heavy (non-hydrogen) atoms. The van der Waals surface area contributed by atoms with Gasteiger partial charge in [-0.3, -0.25) is 58.0 Å². The lowest BCUT2D eigenvalue weighted by molar-refractivity contribution is -0.182. The number of carbonyl (C=O) groups excluding carboxylic acids is 8. The highest BCUT2D eigenvalue weighted by Crippen LogP contribution is 2.64. The van der Waals surface area contributed by atoms with Crippen LogP contribution >= 0.6 is 0 Å². The standard InChI is InChI=1S/C23H30N2O4.C23H30N2O3.2C22H28N2O2/c1-13(14-3-2-4-14)25-10-9-22-12-16(26)7-8-23(22,29)18(25)11-15-5-6-17(21(24)28)20(27)19(15)22;1-13(14-3-2-4-14)25-10-9-23-12-16(26)6-8-18(23)19(25)11-15-5-7-17(22(24)28)21(27)20(15)23;2*1-13(14-2-3-14)24-9-8-22-12-17(25)6-7-18(22)20(24)11-15-4-5-16(21(23)26)10-19(15)22/h5-6,13-14,18,27,29H,2-4,7-12H2,1H3,(H2,24,28);5,7,13-14,18-19,27H,2-4,6,8-12H2,1H3,(H2,24,28);2*4-5,10,13-14,18,20H,2-3,6-9,11-12H2,1H3,(H2,23,26)/t13-,18-,22-,23-;13-,18-,19+,23-;13-,18+,20-,22+;13-,18-,20+,22-/m1010/s1. The van der Waals surface area contributed by atoms with Gasteiger partial charge in [-0.2, -0.15) is 0 Å². The van der Waals surface area contributed by atoms with E-state index in [2.05, 4.69) is 59.4 Å². The Bertz CT molecular complexity index is 4270. The highest BCUT2D eigenvalue weighted by Gasteiger charge is 2.67. The van der Waals surface area contributed by atoms with E-state index >= 15 is 0 Å². The molecular weight excluding hydrogens is 1370 g/mol. The fourth-order valence-electron chi connectivity index (χ4n) is 26.4. The van der Waals surface area contributed by atoms with Crippen LogP contribution in [0.2, 0.25) is 0 Å². The van der Waals surface area contributed by atoms with E-state index in [1.54, 1.807) is 12.1 Å². The molecule has 4 saturated heterocycles. The van der Waals surface area contributed by atoms with Gasteiger partial charge in [0.1, 0.15) is 34.6 Å². The van der Waals surface area contributed by atoms with Crippen LogP contribution in [0.4, 0.5) is 0 Å². The molecule has 4 amide bonds. The third-order valence-corrected chi connectivity index (χ3v) is 32.8. The van der Waals surface area contributed by atoms with E-state index < -0.39 is 22.8 Å². The summed E-state index contributed by atoms with van der Waals surface area (Å²) in [7, 11) is 0. The summed E-state index contributed by atoms with van der Waals surface area (Å²) in [5, 5.41) is 34.2. The van der Waals surface area contributed by atoms with Gasteiger partial charge in [0, 0.05) is 144 Å². The molecule has 16 atom stereocenters. The van der Waals surface area contributed by atoms with Crippen LogP contribution in [0.25, 0.3) is 0 Å². The molecule has 19 heteroatoms. The second kappa shape index (κ2) is 27.9. The van der Waals surface area contributed by atoms with E-state index in [9.17, 15) is 53.7 Å². The van der Waals surface area contributed by atoms with E-state index in [4.69, 9.17) is 22.9 Å². The van der Waals surface area contributed by atoms with Gasteiger partial charge in [-0.1, -0.05) is 37.1 Å². The molecule has 12 aliphatic carbocycles. The zero-order valence-electron chi connectivity index (χ0n) is 64.7. The van der Waals surface area contributed by atoms with Crippen molar-refractivity contribution in [3.8, 4) is 11.5 Å². The summed E-state index contributed by atoms with van der Waals surface area (Å²) >= 11 is 0. The Hall–Kier alpha value is -7.16. The van der Waals surface area contributed by atoms with E-state index in [0.29, 0.717) is 146 Å². The van der Waals surface area contributed by atoms with Crippen LogP contribution in [0, 0.1) is 41.4 Å². The van der Waals surface area contributed by atoms with Gasteiger partial charge >= 0.3 is 0 Å². The van der Waals surface area contributed by atoms with Crippen molar-refractivity contribution in [3.05, 3.63) is 127 Å². The molecule has 16 aliphatic rings. The first kappa shape index (κ1) is 74.6. The first-order chi connectivity index (χ1) is 52.2. The number of rotatable bonds is 12. The van der Waals surface area contributed by atoms with Crippen LogP contribution < -0.4 is 22.9 Å². The molecular formula is C90H116N8O11. The maximum Gasteiger partial charge on any atom is 0.252 e. The number of fused-ring (bicyclic) bond motifs is 4. The van der Waals surface area contributed by atoms with Gasteiger partial charge < -0.3 is 38.3 Å². The zero-order valence-corrected chi connectivity index (χ0v) is 64.7. The number of ketones is 4. The number of nitrogens with zero attached hydrogens (tertiary/aromatic N) is 4. The van der Waals surface area contributed by atoms with Crippen molar-refractivity contribution < 1.29 is 53.7 Å². The maximum absolute atomic E-state index is 12.6. The van der Waals surface area contributed by atoms with Gasteiger partial charge in [-0.15, -0.1) is 0 Å². The topological polar surface area (TPSA) is 314 Å². The monoisotopic (exact) mass is 1480 g/mol. The highest BCUT2D eigenvalue weighted by atomic mass is 16.3. The van der Waals surface area contributed by atoms with Crippen LogP contribution in [-0.4, -0.2) is 162 Å². The molecule has 4 aliphatic heterocycles. The number of carbonyl (C=O) groups is 8. The quantitative estimate of drug-likeness (QED) is 0.0693. The lowest BCUT2D eigenvalue weighted by Gasteiger charge is -2.65. The van der Waals surface area contributed by atoms with Gasteiger partial charge in [0.05, 0.1) is 16.7 Å². The number of aliphatic hydroxyl groups is 1. The minimum absolute atomic E-state index is 0.0311. The number of nitrogens with two attached hydrogens (primary N) is 4. The average molecular weight is 1490 g/mol. The van der Waals surface area contributed by atoms with E-state index in [1.165, 1.54) is 86.5 Å². The molecule has 8 bridgehead atoms. The average Bonchev–Trinajstić information content (AvgIpc) is 0.856. The number of piperidine rings is 4. The van der Waals surface area contributed by atoms with Crippen molar-refractivity contribution >= 4 is 46.8 Å². The Labute approximate surface area is 642 Å². The predicted octanol–water partition coefficient (Wildman–Crippen LogP) is 10.6. The smallest absolute Gasteiger partial charge is 0.252 e. The van der Waals surface area contributed by atoms with Crippen LogP contribution in [0.15, 0.2) is 60.7 Å². The lowest BCUT2D eigenvalue weighted by atomic mass is 9.49. The third kappa shape index (κ3) is 12.1. The molecule has 8 saturated carbocycles. The molecule has 582 valence electrons. The number of hydrogen-bond acceptors (Lipinski definition) is 15. The van der Waals surface area contributed by atoms with Gasteiger partial charge in [-0.05, 0) is 293 Å². The Balaban J connectivity index is 0.000000106. The molecule has 12 fully saturated rings. The fourth-order valence-corrected chi connectivity index (χ4v) is 26.4. The third-order valence-electron chi connectivity index (χ3n) is 32.8. The van der Waals surface area contributed by atoms with E-state index in [-0.39, 0.29) is 74.7 Å². The second-order valence-electron chi connectivity index (χ2n) is 37.5. The van der Waals surface area contributed by atoms with Crippen LogP contribution in [0.5, 0.6) is 11.5 Å². The molecule has 4 aromatic carbocycles. The van der Waals surface area contributed by atoms with E-state index in [0.717, 1.165) is 131 Å². The van der Waals surface area contributed by atoms with E-state index in [1.807, 2.05) is 36.4 Å². The zero-order chi connectivity index (χ0) is 76.3. The summed E-state index contributed by atoms with van der Waals surface area (Å²) in [5.74, 6) is 3.67. The normalized spacial score (nSPS) is 34.6. The van der Waals surface area contributed by atoms with Crippen molar-refractivity contribution in [1.29, 1.82) is 0 Å². The number of benzene rings is 4. The van der Waals surface area contributed by atoms with Crippen LogP contribution in [-0.2, 0) is 66.5 Å².